The van der Waals surface area contributed by atoms with Gasteiger partial charge in [-0.25, -0.2) is 0 Å². The second-order valence-corrected chi connectivity index (χ2v) is 6.76. The quantitative estimate of drug-likeness (QED) is 0.519. The average Bonchev–Trinajstić information content (AvgIpc) is 2.67. The summed E-state index contributed by atoms with van der Waals surface area (Å²) in [5.41, 5.74) is 3.06. The van der Waals surface area contributed by atoms with Crippen molar-refractivity contribution in [2.24, 2.45) is 5.92 Å². The summed E-state index contributed by atoms with van der Waals surface area (Å²) < 4.78 is 0. The van der Waals surface area contributed by atoms with E-state index in [1.165, 1.54) is 21.7 Å². The Morgan fingerprint density at radius 2 is 1.24 bits per heavy atom. The maximum Gasteiger partial charge on any atom is 0.484 e. The van der Waals surface area contributed by atoms with Crippen LogP contribution in [-0.4, -0.2) is 17.2 Å². The molecule has 0 saturated heterocycles. The Hall–Kier alpha value is -2.62. The number of benzene rings is 3. The summed E-state index contributed by atoms with van der Waals surface area (Å²) in [6.45, 7) is 0. The number of fused-ring (bicyclic) bond motifs is 8. The fourth-order valence-corrected chi connectivity index (χ4v) is 4.42. The Morgan fingerprint density at radius 3 is 1.92 bits per heavy atom. The molecule has 2 aliphatic carbocycles. The first-order chi connectivity index (χ1) is 12.3. The van der Waals surface area contributed by atoms with E-state index in [9.17, 15) is 10.0 Å². The lowest BCUT2D eigenvalue weighted by atomic mass is 9.60. The third-order valence-electron chi connectivity index (χ3n) is 5.48. The first-order valence-corrected chi connectivity index (χ1v) is 8.61. The van der Waals surface area contributed by atoms with Gasteiger partial charge in [0.25, 0.3) is 0 Å². The van der Waals surface area contributed by atoms with Crippen LogP contribution in [0.25, 0.3) is 27.6 Å². The largest absolute Gasteiger partial charge is 0.484 e. The van der Waals surface area contributed by atoms with E-state index in [2.05, 4.69) is 60.7 Å². The monoisotopic (exact) mass is 324 g/mol. The van der Waals surface area contributed by atoms with Gasteiger partial charge in [-0.05, 0) is 38.1 Å². The molecule has 3 aromatic carbocycles. The van der Waals surface area contributed by atoms with Gasteiger partial charge in [-0.15, -0.1) is 0 Å². The molecule has 0 amide bonds. The van der Waals surface area contributed by atoms with Gasteiger partial charge < -0.3 is 10.0 Å². The van der Waals surface area contributed by atoms with E-state index in [-0.39, 0.29) is 11.8 Å². The predicted molar refractivity (Wildman–Crippen MR) is 104 cm³/mol. The van der Waals surface area contributed by atoms with Gasteiger partial charge in [0, 0.05) is 11.8 Å². The van der Waals surface area contributed by atoms with E-state index < -0.39 is 7.12 Å². The van der Waals surface area contributed by atoms with E-state index in [0.717, 1.165) is 10.9 Å². The minimum absolute atomic E-state index is 0.0120. The summed E-state index contributed by atoms with van der Waals surface area (Å²) in [5, 5.41) is 24.8. The normalized spacial score (nSPS) is 21.1. The topological polar surface area (TPSA) is 40.5 Å². The molecular weight excluding hydrogens is 307 g/mol. The van der Waals surface area contributed by atoms with E-state index >= 15 is 0 Å². The summed E-state index contributed by atoms with van der Waals surface area (Å²) in [6, 6.07) is 16.9. The minimum Gasteiger partial charge on any atom is -0.423 e. The molecule has 0 saturated carbocycles. The van der Waals surface area contributed by atoms with Crippen LogP contribution < -0.4 is 0 Å². The summed E-state index contributed by atoms with van der Waals surface area (Å²) >= 11 is 0. The average molecular weight is 324 g/mol. The molecule has 3 aromatic rings. The lowest BCUT2D eigenvalue weighted by molar-refractivity contribution is 0.410. The van der Waals surface area contributed by atoms with Crippen molar-refractivity contribution >= 4 is 34.7 Å². The number of allylic oxidation sites excluding steroid dienone is 5. The van der Waals surface area contributed by atoms with Gasteiger partial charge in [-0.3, -0.25) is 0 Å². The van der Waals surface area contributed by atoms with Crippen LogP contribution in [0.3, 0.4) is 0 Å². The minimum atomic E-state index is -1.44. The van der Waals surface area contributed by atoms with Crippen molar-refractivity contribution in [2.75, 3.05) is 0 Å². The third kappa shape index (κ3) is 2.06. The van der Waals surface area contributed by atoms with Gasteiger partial charge in [0.2, 0.25) is 0 Å². The number of hydrogen-bond acceptors (Lipinski definition) is 2. The van der Waals surface area contributed by atoms with Crippen molar-refractivity contribution in [3.8, 4) is 0 Å². The fourth-order valence-electron chi connectivity index (χ4n) is 4.42. The highest BCUT2D eigenvalue weighted by molar-refractivity contribution is 6.52. The lowest BCUT2D eigenvalue weighted by Crippen LogP contribution is -2.28. The van der Waals surface area contributed by atoms with Crippen molar-refractivity contribution in [3.05, 3.63) is 89.4 Å². The van der Waals surface area contributed by atoms with Crippen LogP contribution in [0, 0.1) is 5.92 Å². The zero-order valence-corrected chi connectivity index (χ0v) is 13.6. The molecule has 2 atom stereocenters. The Balaban J connectivity index is 1.98. The van der Waals surface area contributed by atoms with Crippen molar-refractivity contribution < 1.29 is 10.0 Å². The van der Waals surface area contributed by atoms with Crippen LogP contribution in [0.4, 0.5) is 0 Å². The van der Waals surface area contributed by atoms with Gasteiger partial charge in [0.15, 0.2) is 0 Å². The highest BCUT2D eigenvalue weighted by Gasteiger charge is 2.36. The van der Waals surface area contributed by atoms with Gasteiger partial charge >= 0.3 is 7.12 Å². The second kappa shape index (κ2) is 5.45. The molecule has 0 spiro atoms. The van der Waals surface area contributed by atoms with E-state index in [1.807, 2.05) is 18.2 Å². The van der Waals surface area contributed by atoms with Crippen molar-refractivity contribution in [1.82, 2.24) is 0 Å². The second-order valence-electron chi connectivity index (χ2n) is 6.76. The molecule has 0 aromatic heterocycles. The molecular formula is C22H17BO2. The van der Waals surface area contributed by atoms with Gasteiger partial charge in [0.1, 0.15) is 0 Å². The van der Waals surface area contributed by atoms with Gasteiger partial charge in [-0.1, -0.05) is 78.9 Å². The zero-order chi connectivity index (χ0) is 17.0. The van der Waals surface area contributed by atoms with Crippen molar-refractivity contribution in [2.45, 2.75) is 5.92 Å². The van der Waals surface area contributed by atoms with Crippen molar-refractivity contribution in [1.29, 1.82) is 0 Å². The van der Waals surface area contributed by atoms with Gasteiger partial charge in [-0.2, -0.15) is 0 Å². The molecule has 0 aliphatic heterocycles. The van der Waals surface area contributed by atoms with Crippen molar-refractivity contribution in [3.63, 3.8) is 0 Å². The predicted octanol–water partition coefficient (Wildman–Crippen LogP) is 4.23. The van der Waals surface area contributed by atoms with E-state index in [0.29, 0.717) is 5.47 Å². The number of hydrogen-bond donors (Lipinski definition) is 2. The standard InChI is InChI=1S/C22H17BO2/c24-23(25)21-13-20-16-9-2-1-7-14(16)15-8-3-5-11-18(15)22(20)19-12-6-4-10-17(19)21/h1-13,17,19,24-25H. The third-order valence-corrected chi connectivity index (χ3v) is 5.48. The zero-order valence-electron chi connectivity index (χ0n) is 13.6. The van der Waals surface area contributed by atoms with Crippen LogP contribution in [0.2, 0.25) is 0 Å². The highest BCUT2D eigenvalue weighted by atomic mass is 16.4. The maximum absolute atomic E-state index is 9.96. The van der Waals surface area contributed by atoms with Crippen LogP contribution in [0.15, 0.2) is 78.3 Å². The highest BCUT2D eigenvalue weighted by Crippen LogP contribution is 2.47. The van der Waals surface area contributed by atoms with Gasteiger partial charge in [0.05, 0.1) is 0 Å². The van der Waals surface area contributed by atoms with Crippen LogP contribution >= 0.6 is 0 Å². The molecule has 0 fully saturated rings. The Morgan fingerprint density at radius 1 is 0.680 bits per heavy atom. The SMILES string of the molecule is OB(O)C1=Cc2c(c3ccccc3c3ccccc23)C2C=CC=CC12. The first-order valence-electron chi connectivity index (χ1n) is 8.61. The lowest BCUT2D eigenvalue weighted by Gasteiger charge is -2.34. The Labute approximate surface area is 146 Å². The maximum atomic E-state index is 9.96. The van der Waals surface area contributed by atoms with Crippen LogP contribution in [-0.2, 0) is 0 Å². The molecule has 0 radical (unpaired) electrons. The van der Waals surface area contributed by atoms with E-state index in [4.69, 9.17) is 0 Å². The Kier molecular flexibility index (Phi) is 3.20. The summed E-state index contributed by atoms with van der Waals surface area (Å²) in [6.07, 6.45) is 10.3. The molecule has 120 valence electrons. The summed E-state index contributed by atoms with van der Waals surface area (Å²) in [5.74, 6) is 0.110. The first kappa shape index (κ1) is 14.7. The smallest absolute Gasteiger partial charge is 0.423 e. The van der Waals surface area contributed by atoms with Crippen LogP contribution in [0.5, 0.6) is 0 Å². The van der Waals surface area contributed by atoms with Crippen LogP contribution in [0.1, 0.15) is 17.0 Å². The van der Waals surface area contributed by atoms with E-state index in [1.54, 1.807) is 0 Å². The fraction of sp³-hybridized carbons (Fsp3) is 0.0909. The number of rotatable bonds is 1. The summed E-state index contributed by atoms with van der Waals surface area (Å²) in [4.78, 5) is 0. The molecule has 2 nitrogen and oxygen atoms in total. The molecule has 3 heteroatoms. The molecule has 25 heavy (non-hydrogen) atoms. The molecule has 0 bridgehead atoms. The molecule has 0 heterocycles. The molecule has 2 aliphatic rings. The summed E-state index contributed by atoms with van der Waals surface area (Å²) in [7, 11) is -1.44. The molecule has 5 rings (SSSR count). The molecule has 2 unspecified atom stereocenters. The Bertz CT molecular complexity index is 1090. The molecule has 2 N–H and O–H groups in total.